The van der Waals surface area contributed by atoms with E-state index in [1.165, 1.54) is 0 Å². The minimum atomic E-state index is -1.04. The highest BCUT2D eigenvalue weighted by molar-refractivity contribution is 5.97. The number of hydrogen-bond acceptors (Lipinski definition) is 6. The van der Waals surface area contributed by atoms with Crippen molar-refractivity contribution >= 4 is 17.4 Å². The summed E-state index contributed by atoms with van der Waals surface area (Å²) < 4.78 is 5.55. The molecule has 3 aromatic rings. The zero-order chi connectivity index (χ0) is 23.4. The van der Waals surface area contributed by atoms with E-state index in [1.807, 2.05) is 102 Å². The molecule has 7 nitrogen and oxygen atoms in total. The molecule has 1 unspecified atom stereocenters. The van der Waals surface area contributed by atoms with Crippen LogP contribution in [0.2, 0.25) is 0 Å². The highest BCUT2D eigenvalue weighted by Gasteiger charge is 2.40. The molecule has 3 N–H and O–H groups in total. The second kappa shape index (κ2) is 9.25. The molecule has 2 aliphatic heterocycles. The van der Waals surface area contributed by atoms with Crippen LogP contribution in [0.1, 0.15) is 21.5 Å². The summed E-state index contributed by atoms with van der Waals surface area (Å²) in [4.78, 5) is 17.9. The summed E-state index contributed by atoms with van der Waals surface area (Å²) in [6, 6.07) is 25.0. The number of fused-ring (bicyclic) bond motifs is 1. The van der Waals surface area contributed by atoms with Gasteiger partial charge in [0.25, 0.3) is 5.91 Å². The van der Waals surface area contributed by atoms with Crippen molar-refractivity contribution in [1.82, 2.24) is 15.8 Å². The second-order valence-electron chi connectivity index (χ2n) is 7.94. The number of rotatable bonds is 7. The molecule has 0 bridgehead atoms. The Kier molecular flexibility index (Phi) is 5.84. The molecule has 0 radical (unpaired) electrons. The quantitative estimate of drug-likeness (QED) is 0.503. The predicted molar refractivity (Wildman–Crippen MR) is 133 cm³/mol. The zero-order valence-electron chi connectivity index (χ0n) is 18.7. The number of anilines is 1. The summed E-state index contributed by atoms with van der Waals surface area (Å²) in [6.07, 6.45) is 7.69. The number of amides is 1. The number of ether oxygens (including phenoxy) is 1. The number of benzene rings is 3. The lowest BCUT2D eigenvalue weighted by molar-refractivity contribution is 0.0950. The molecule has 0 fully saturated rings. The van der Waals surface area contributed by atoms with Gasteiger partial charge in [0.05, 0.1) is 12.8 Å². The predicted octanol–water partition coefficient (Wildman–Crippen LogP) is 4.15. The third-order valence-corrected chi connectivity index (χ3v) is 5.66. The van der Waals surface area contributed by atoms with Crippen LogP contribution in [0.15, 0.2) is 108 Å². The van der Waals surface area contributed by atoms with Gasteiger partial charge in [-0.05, 0) is 42.0 Å². The lowest BCUT2D eigenvalue weighted by Gasteiger charge is -2.31. The average Bonchev–Trinajstić information content (AvgIpc) is 3.27. The van der Waals surface area contributed by atoms with Crippen LogP contribution in [-0.2, 0) is 12.3 Å². The first-order chi connectivity index (χ1) is 16.7. The normalized spacial score (nSPS) is 18.3. The van der Waals surface area contributed by atoms with Crippen LogP contribution in [0.4, 0.5) is 5.69 Å². The molecule has 0 aromatic heterocycles. The topological polar surface area (TPSA) is 78.0 Å². The molecule has 0 aliphatic carbocycles. The third kappa shape index (κ3) is 4.29. The molecule has 1 amide bonds. The number of carbonyl (C=O) groups is 1. The molecule has 0 spiro atoms. The van der Waals surface area contributed by atoms with Gasteiger partial charge in [-0.25, -0.2) is 4.99 Å². The van der Waals surface area contributed by atoms with E-state index in [-0.39, 0.29) is 5.91 Å². The van der Waals surface area contributed by atoms with E-state index in [0.29, 0.717) is 17.9 Å². The first kappa shape index (κ1) is 21.5. The number of amidine groups is 1. The van der Waals surface area contributed by atoms with E-state index in [2.05, 4.69) is 16.1 Å². The van der Waals surface area contributed by atoms with Crippen LogP contribution in [-0.4, -0.2) is 23.9 Å². The van der Waals surface area contributed by atoms with Crippen molar-refractivity contribution in [2.45, 2.75) is 12.3 Å². The fraction of sp³-hybridized carbons (Fsp3) is 0.111. The monoisotopic (exact) mass is 451 g/mol. The Bertz CT molecular complexity index is 1280. The van der Waals surface area contributed by atoms with Crippen LogP contribution in [0.5, 0.6) is 5.75 Å². The van der Waals surface area contributed by atoms with Gasteiger partial charge in [-0.15, -0.1) is 0 Å². The van der Waals surface area contributed by atoms with Gasteiger partial charge in [0.2, 0.25) is 5.79 Å². The Hall–Kier alpha value is -4.36. The van der Waals surface area contributed by atoms with Crippen molar-refractivity contribution < 1.29 is 9.53 Å². The van der Waals surface area contributed by atoms with Crippen molar-refractivity contribution in [2.75, 3.05) is 12.4 Å². The standard InChI is InChI=1S/C27H25N5O2/c1-34-24-15-6-5-14-23(24)29-27(30-25-16-7-8-17-32(25)31-27)22-13-9-12-21(18-22)26(33)28-19-20-10-3-2-4-11-20/h2-18,29,31H,19H2,1H3,(H,28,33). The Morgan fingerprint density at radius 1 is 1.03 bits per heavy atom. The van der Waals surface area contributed by atoms with Crippen molar-refractivity contribution in [3.63, 3.8) is 0 Å². The Morgan fingerprint density at radius 3 is 2.68 bits per heavy atom. The SMILES string of the molecule is COc1ccccc1NC1(c2cccc(C(=O)NCc3ccccc3)c2)N=C2C=CC=CN2N1. The Labute approximate surface area is 198 Å². The molecular formula is C27H25N5O2. The fourth-order valence-corrected chi connectivity index (χ4v) is 3.96. The highest BCUT2D eigenvalue weighted by Crippen LogP contribution is 2.35. The first-order valence-corrected chi connectivity index (χ1v) is 11.0. The van der Waals surface area contributed by atoms with Crippen molar-refractivity contribution in [3.8, 4) is 5.75 Å². The first-order valence-electron chi connectivity index (χ1n) is 11.0. The minimum absolute atomic E-state index is 0.152. The van der Waals surface area contributed by atoms with Gasteiger partial charge in [0.1, 0.15) is 11.6 Å². The van der Waals surface area contributed by atoms with Crippen molar-refractivity contribution in [1.29, 1.82) is 0 Å². The van der Waals surface area contributed by atoms with Crippen LogP contribution in [0.3, 0.4) is 0 Å². The molecule has 1 atom stereocenters. The van der Waals surface area contributed by atoms with Gasteiger partial charge in [0, 0.05) is 23.9 Å². The number of carbonyl (C=O) groups excluding carboxylic acids is 1. The fourth-order valence-electron chi connectivity index (χ4n) is 3.96. The van der Waals surface area contributed by atoms with Gasteiger partial charge in [-0.2, -0.15) is 5.43 Å². The van der Waals surface area contributed by atoms with E-state index in [0.717, 1.165) is 22.6 Å². The summed E-state index contributed by atoms with van der Waals surface area (Å²) >= 11 is 0. The molecule has 34 heavy (non-hydrogen) atoms. The van der Waals surface area contributed by atoms with Crippen LogP contribution >= 0.6 is 0 Å². The molecular weight excluding hydrogens is 426 g/mol. The van der Waals surface area contributed by atoms with Crippen molar-refractivity contribution in [2.24, 2.45) is 4.99 Å². The third-order valence-electron chi connectivity index (χ3n) is 5.66. The van der Waals surface area contributed by atoms with E-state index in [1.54, 1.807) is 13.2 Å². The van der Waals surface area contributed by atoms with Crippen LogP contribution in [0.25, 0.3) is 0 Å². The summed E-state index contributed by atoms with van der Waals surface area (Å²) in [6.45, 7) is 0.457. The zero-order valence-corrected chi connectivity index (χ0v) is 18.7. The maximum absolute atomic E-state index is 13.0. The van der Waals surface area contributed by atoms with Crippen LogP contribution < -0.4 is 20.8 Å². The Balaban J connectivity index is 1.47. The molecule has 170 valence electrons. The van der Waals surface area contributed by atoms with E-state index < -0.39 is 5.79 Å². The van der Waals surface area contributed by atoms with Crippen LogP contribution in [0, 0.1) is 0 Å². The number of allylic oxidation sites excluding steroid dienone is 2. The Morgan fingerprint density at radius 2 is 1.85 bits per heavy atom. The number of nitrogens with zero attached hydrogens (tertiary/aromatic N) is 2. The smallest absolute Gasteiger partial charge is 0.251 e. The lowest BCUT2D eigenvalue weighted by Crippen LogP contribution is -2.49. The molecule has 2 aliphatic rings. The molecule has 2 heterocycles. The number of nitrogens with one attached hydrogen (secondary N) is 3. The number of methoxy groups -OCH3 is 1. The molecule has 3 aromatic carbocycles. The van der Waals surface area contributed by atoms with Gasteiger partial charge in [0.15, 0.2) is 0 Å². The molecule has 5 rings (SSSR count). The van der Waals surface area contributed by atoms with E-state index >= 15 is 0 Å². The number of hydrazine groups is 1. The second-order valence-corrected chi connectivity index (χ2v) is 7.94. The number of hydrogen-bond donors (Lipinski definition) is 3. The van der Waals surface area contributed by atoms with Gasteiger partial charge >= 0.3 is 0 Å². The molecule has 7 heteroatoms. The van der Waals surface area contributed by atoms with Gasteiger partial charge in [-0.3, -0.25) is 9.80 Å². The minimum Gasteiger partial charge on any atom is -0.495 e. The summed E-state index contributed by atoms with van der Waals surface area (Å²) in [7, 11) is 1.63. The van der Waals surface area contributed by atoms with Gasteiger partial charge < -0.3 is 15.4 Å². The summed E-state index contributed by atoms with van der Waals surface area (Å²) in [5.41, 5.74) is 6.59. The maximum Gasteiger partial charge on any atom is 0.251 e. The van der Waals surface area contributed by atoms with E-state index in [9.17, 15) is 4.79 Å². The number of para-hydroxylation sites is 2. The van der Waals surface area contributed by atoms with E-state index in [4.69, 9.17) is 9.73 Å². The highest BCUT2D eigenvalue weighted by atomic mass is 16.5. The largest absolute Gasteiger partial charge is 0.495 e. The average molecular weight is 452 g/mol. The molecule has 0 saturated heterocycles. The lowest BCUT2D eigenvalue weighted by atomic mass is 10.0. The van der Waals surface area contributed by atoms with Gasteiger partial charge in [-0.1, -0.05) is 60.7 Å². The summed E-state index contributed by atoms with van der Waals surface area (Å²) in [5.74, 6) is 0.250. The van der Waals surface area contributed by atoms with Crippen molar-refractivity contribution in [3.05, 3.63) is 120 Å². The maximum atomic E-state index is 13.0. The summed E-state index contributed by atoms with van der Waals surface area (Å²) in [5, 5.41) is 8.35. The molecule has 0 saturated carbocycles. The number of aliphatic imine (C=N–C) groups is 1.